The normalized spacial score (nSPS) is 26.2. The summed E-state index contributed by atoms with van der Waals surface area (Å²) < 4.78 is 12.1. The minimum absolute atomic E-state index is 0.134. The van der Waals surface area contributed by atoms with Crippen LogP contribution in [0.1, 0.15) is 27.0 Å². The number of amides is 1. The molecule has 0 spiro atoms. The number of nitrogens with zero attached hydrogens (tertiary/aromatic N) is 4. The molecule has 1 amide bonds. The monoisotopic (exact) mass is 367 g/mol. The molecule has 3 heterocycles. The molecule has 0 saturated carbocycles. The van der Waals surface area contributed by atoms with E-state index in [-0.39, 0.29) is 17.0 Å². The number of rotatable bonds is 3. The standard InChI is InChI=1S/C15H21N5O6/c1-15(2,3)26-14(24)19-11-8-12(17-5-16-11)20(6-18-8)13-10(23)9(22)7(4-21)25-13/h5-7,9-10,13,21-23H,4H2,1-3H3,(H,16,17,19,24)/t7-,9?,10-,13-/m1/s1. The molecule has 1 unspecified atom stereocenters. The average Bonchev–Trinajstić information content (AvgIpc) is 3.09. The van der Waals surface area contributed by atoms with Gasteiger partial charge in [0, 0.05) is 0 Å². The topological polar surface area (TPSA) is 152 Å². The predicted molar refractivity (Wildman–Crippen MR) is 88.2 cm³/mol. The maximum Gasteiger partial charge on any atom is 0.413 e. The van der Waals surface area contributed by atoms with Crippen molar-refractivity contribution in [1.82, 2.24) is 19.5 Å². The summed E-state index contributed by atoms with van der Waals surface area (Å²) in [6, 6.07) is 0. The van der Waals surface area contributed by atoms with Gasteiger partial charge in [-0.05, 0) is 20.8 Å². The van der Waals surface area contributed by atoms with Gasteiger partial charge < -0.3 is 24.8 Å². The molecule has 0 bridgehead atoms. The molecule has 0 aromatic carbocycles. The SMILES string of the molecule is CC(C)(C)OC(=O)Nc1ncnc2c1ncn2[C@@H]1O[C@H](CO)C(O)[C@H]1O. The molecule has 2 aromatic rings. The van der Waals surface area contributed by atoms with Gasteiger partial charge in [0.15, 0.2) is 23.2 Å². The highest BCUT2D eigenvalue weighted by Gasteiger charge is 2.44. The number of fused-ring (bicyclic) bond motifs is 1. The highest BCUT2D eigenvalue weighted by atomic mass is 16.6. The van der Waals surface area contributed by atoms with Crippen molar-refractivity contribution >= 4 is 23.1 Å². The first-order valence-electron chi connectivity index (χ1n) is 8.01. The van der Waals surface area contributed by atoms with Crippen LogP contribution in [-0.2, 0) is 9.47 Å². The molecule has 142 valence electrons. The third kappa shape index (κ3) is 3.46. The number of ether oxygens (including phenoxy) is 2. The maximum absolute atomic E-state index is 12.0. The summed E-state index contributed by atoms with van der Waals surface area (Å²) >= 11 is 0. The molecule has 3 rings (SSSR count). The zero-order valence-corrected chi connectivity index (χ0v) is 14.5. The molecule has 2 aromatic heterocycles. The second-order valence-electron chi connectivity index (χ2n) is 6.90. The van der Waals surface area contributed by atoms with E-state index in [9.17, 15) is 20.1 Å². The number of anilines is 1. The van der Waals surface area contributed by atoms with Crippen LogP contribution in [0, 0.1) is 0 Å². The van der Waals surface area contributed by atoms with Crippen LogP contribution in [0.3, 0.4) is 0 Å². The van der Waals surface area contributed by atoms with E-state index in [4.69, 9.17) is 9.47 Å². The van der Waals surface area contributed by atoms with Crippen LogP contribution < -0.4 is 5.32 Å². The number of nitrogens with one attached hydrogen (secondary N) is 1. The third-order valence-corrected chi connectivity index (χ3v) is 3.77. The van der Waals surface area contributed by atoms with Crippen LogP contribution >= 0.6 is 0 Å². The van der Waals surface area contributed by atoms with E-state index in [0.29, 0.717) is 0 Å². The molecule has 1 fully saturated rings. The van der Waals surface area contributed by atoms with E-state index in [1.165, 1.54) is 17.2 Å². The Labute approximate surface area is 148 Å². The number of carbonyl (C=O) groups excluding carboxylic acids is 1. The lowest BCUT2D eigenvalue weighted by Crippen LogP contribution is -2.33. The van der Waals surface area contributed by atoms with Crippen molar-refractivity contribution in [3.63, 3.8) is 0 Å². The Morgan fingerprint density at radius 2 is 2.04 bits per heavy atom. The van der Waals surface area contributed by atoms with Gasteiger partial charge in [0.05, 0.1) is 12.9 Å². The first-order valence-corrected chi connectivity index (χ1v) is 8.01. The van der Waals surface area contributed by atoms with Gasteiger partial charge in [-0.3, -0.25) is 9.88 Å². The van der Waals surface area contributed by atoms with E-state index < -0.39 is 42.8 Å². The van der Waals surface area contributed by atoms with E-state index >= 15 is 0 Å². The van der Waals surface area contributed by atoms with Gasteiger partial charge >= 0.3 is 6.09 Å². The molecule has 4 N–H and O–H groups in total. The van der Waals surface area contributed by atoms with E-state index in [0.717, 1.165) is 0 Å². The Morgan fingerprint density at radius 3 is 2.65 bits per heavy atom. The Hall–Kier alpha value is -2.34. The third-order valence-electron chi connectivity index (χ3n) is 3.77. The van der Waals surface area contributed by atoms with Crippen LogP contribution in [0.15, 0.2) is 12.7 Å². The van der Waals surface area contributed by atoms with Crippen LogP contribution in [0.4, 0.5) is 10.6 Å². The minimum Gasteiger partial charge on any atom is -0.444 e. The zero-order valence-electron chi connectivity index (χ0n) is 14.5. The Bertz CT molecular complexity index is 803. The molecular weight excluding hydrogens is 346 g/mol. The van der Waals surface area contributed by atoms with Crippen molar-refractivity contribution in [2.75, 3.05) is 11.9 Å². The van der Waals surface area contributed by atoms with E-state index in [1.54, 1.807) is 20.8 Å². The Morgan fingerprint density at radius 1 is 1.31 bits per heavy atom. The quantitative estimate of drug-likeness (QED) is 0.577. The number of imidazole rings is 1. The van der Waals surface area contributed by atoms with Crippen LogP contribution in [0.25, 0.3) is 11.2 Å². The maximum atomic E-state index is 12.0. The summed E-state index contributed by atoms with van der Waals surface area (Å²) in [4.78, 5) is 24.2. The fraction of sp³-hybridized carbons (Fsp3) is 0.600. The van der Waals surface area contributed by atoms with Crippen molar-refractivity contribution in [2.24, 2.45) is 0 Å². The van der Waals surface area contributed by atoms with Gasteiger partial charge in [0.1, 0.15) is 30.2 Å². The molecule has 1 aliphatic rings. The molecule has 1 aliphatic heterocycles. The zero-order chi connectivity index (χ0) is 19.1. The molecule has 26 heavy (non-hydrogen) atoms. The second kappa shape index (κ2) is 6.76. The number of hydrogen-bond acceptors (Lipinski definition) is 9. The number of aliphatic hydroxyl groups is 3. The molecule has 0 radical (unpaired) electrons. The van der Waals surface area contributed by atoms with Crippen LogP contribution in [0.2, 0.25) is 0 Å². The number of aromatic nitrogens is 4. The number of carbonyl (C=O) groups is 1. The summed E-state index contributed by atoms with van der Waals surface area (Å²) in [5.74, 6) is 0.134. The number of hydrogen-bond donors (Lipinski definition) is 4. The fourth-order valence-electron chi connectivity index (χ4n) is 2.64. The highest BCUT2D eigenvalue weighted by Crippen LogP contribution is 2.32. The van der Waals surface area contributed by atoms with Crippen LogP contribution in [0.5, 0.6) is 0 Å². The van der Waals surface area contributed by atoms with Crippen molar-refractivity contribution in [3.8, 4) is 0 Å². The predicted octanol–water partition coefficient (Wildman–Crippen LogP) is -0.215. The second-order valence-corrected chi connectivity index (χ2v) is 6.90. The Balaban J connectivity index is 1.89. The largest absolute Gasteiger partial charge is 0.444 e. The molecule has 4 atom stereocenters. The van der Waals surface area contributed by atoms with Gasteiger partial charge in [-0.15, -0.1) is 0 Å². The van der Waals surface area contributed by atoms with Crippen LogP contribution in [-0.4, -0.2) is 71.5 Å². The van der Waals surface area contributed by atoms with Gasteiger partial charge in [0.25, 0.3) is 0 Å². The van der Waals surface area contributed by atoms with Gasteiger partial charge in [-0.25, -0.2) is 19.7 Å². The number of aliphatic hydroxyl groups excluding tert-OH is 3. The molecule has 11 heteroatoms. The first kappa shape index (κ1) is 18.5. The Kier molecular flexibility index (Phi) is 4.80. The lowest BCUT2D eigenvalue weighted by molar-refractivity contribution is -0.0511. The van der Waals surface area contributed by atoms with Gasteiger partial charge in [-0.2, -0.15) is 0 Å². The minimum atomic E-state index is -1.28. The van der Waals surface area contributed by atoms with E-state index in [1.807, 2.05) is 0 Å². The van der Waals surface area contributed by atoms with Gasteiger partial charge in [-0.1, -0.05) is 0 Å². The van der Waals surface area contributed by atoms with Gasteiger partial charge in [0.2, 0.25) is 0 Å². The fourth-order valence-corrected chi connectivity index (χ4v) is 2.64. The van der Waals surface area contributed by atoms with E-state index in [2.05, 4.69) is 20.3 Å². The summed E-state index contributed by atoms with van der Waals surface area (Å²) in [5, 5.41) is 31.8. The average molecular weight is 367 g/mol. The molecule has 0 aliphatic carbocycles. The summed E-state index contributed by atoms with van der Waals surface area (Å²) in [5.41, 5.74) is -0.135. The molecular formula is C15H21N5O6. The molecule has 1 saturated heterocycles. The van der Waals surface area contributed by atoms with Crippen molar-refractivity contribution < 1.29 is 29.6 Å². The lowest BCUT2D eigenvalue weighted by Gasteiger charge is -2.19. The van der Waals surface area contributed by atoms with Crippen molar-refractivity contribution in [2.45, 2.75) is 50.9 Å². The van der Waals surface area contributed by atoms with Crippen molar-refractivity contribution in [3.05, 3.63) is 12.7 Å². The lowest BCUT2D eigenvalue weighted by atomic mass is 10.1. The highest BCUT2D eigenvalue weighted by molar-refractivity contribution is 5.93. The van der Waals surface area contributed by atoms with Crippen molar-refractivity contribution in [1.29, 1.82) is 0 Å². The summed E-state index contributed by atoms with van der Waals surface area (Å²) in [6.45, 7) is 4.76. The summed E-state index contributed by atoms with van der Waals surface area (Å²) in [7, 11) is 0. The smallest absolute Gasteiger partial charge is 0.413 e. The summed E-state index contributed by atoms with van der Waals surface area (Å²) in [6.07, 6.45) is -2.57. The molecule has 11 nitrogen and oxygen atoms in total. The first-order chi connectivity index (χ1) is 12.2.